The van der Waals surface area contributed by atoms with E-state index in [1.165, 1.54) is 32.1 Å². The first-order valence-electron chi connectivity index (χ1n) is 7.68. The van der Waals surface area contributed by atoms with Crippen LogP contribution in [0.25, 0.3) is 0 Å². The van der Waals surface area contributed by atoms with Gasteiger partial charge in [0.25, 0.3) is 0 Å². The van der Waals surface area contributed by atoms with E-state index in [-0.39, 0.29) is 17.6 Å². The minimum absolute atomic E-state index is 0.0525. The molecular weight excluding hydrogens is 262 g/mol. The highest BCUT2D eigenvalue weighted by molar-refractivity contribution is 7.91. The standard InChI is InChI=1S/C14H27NO3S/c16-19(17,12-14-7-4-9-18-14)10-8-15-11-13-5-2-1-3-6-13/h13-15H,1-12H2. The van der Waals surface area contributed by atoms with E-state index in [0.717, 1.165) is 31.9 Å². The van der Waals surface area contributed by atoms with Crippen LogP contribution in [0.15, 0.2) is 0 Å². The zero-order chi connectivity index (χ0) is 13.6. The lowest BCUT2D eigenvalue weighted by Gasteiger charge is -2.21. The van der Waals surface area contributed by atoms with Crippen LogP contribution in [0.3, 0.4) is 0 Å². The number of rotatable bonds is 7. The molecule has 0 spiro atoms. The van der Waals surface area contributed by atoms with Crippen LogP contribution >= 0.6 is 0 Å². The molecule has 0 aromatic rings. The molecule has 1 saturated carbocycles. The molecule has 0 amide bonds. The second-order valence-electron chi connectivity index (χ2n) is 5.96. The maximum Gasteiger partial charge on any atom is 0.154 e. The van der Waals surface area contributed by atoms with Crippen molar-refractivity contribution in [1.82, 2.24) is 5.32 Å². The summed E-state index contributed by atoms with van der Waals surface area (Å²) in [6, 6.07) is 0. The van der Waals surface area contributed by atoms with Crippen molar-refractivity contribution in [2.24, 2.45) is 5.92 Å². The Morgan fingerprint density at radius 1 is 1.05 bits per heavy atom. The summed E-state index contributed by atoms with van der Waals surface area (Å²) in [5.74, 6) is 1.21. The van der Waals surface area contributed by atoms with Gasteiger partial charge in [0.05, 0.1) is 17.6 Å². The van der Waals surface area contributed by atoms with E-state index in [1.807, 2.05) is 0 Å². The Kier molecular flexibility index (Phi) is 6.10. The van der Waals surface area contributed by atoms with Gasteiger partial charge in [-0.05, 0) is 38.1 Å². The molecule has 0 radical (unpaired) electrons. The molecule has 112 valence electrons. The fourth-order valence-corrected chi connectivity index (χ4v) is 4.52. The van der Waals surface area contributed by atoms with Crippen LogP contribution in [0.2, 0.25) is 0 Å². The smallest absolute Gasteiger partial charge is 0.154 e. The first kappa shape index (κ1) is 15.3. The van der Waals surface area contributed by atoms with E-state index in [9.17, 15) is 8.42 Å². The summed E-state index contributed by atoms with van der Waals surface area (Å²) in [4.78, 5) is 0. The zero-order valence-corrected chi connectivity index (χ0v) is 12.6. The molecule has 1 unspecified atom stereocenters. The molecule has 0 aromatic carbocycles. The number of hydrogen-bond donors (Lipinski definition) is 1. The number of ether oxygens (including phenoxy) is 1. The maximum absolute atomic E-state index is 11.9. The highest BCUT2D eigenvalue weighted by atomic mass is 32.2. The van der Waals surface area contributed by atoms with Crippen LogP contribution in [-0.2, 0) is 14.6 Å². The van der Waals surface area contributed by atoms with Crippen molar-refractivity contribution in [2.75, 3.05) is 31.2 Å². The van der Waals surface area contributed by atoms with Gasteiger partial charge in [-0.1, -0.05) is 19.3 Å². The predicted octanol–water partition coefficient (Wildman–Crippen LogP) is 1.75. The lowest BCUT2D eigenvalue weighted by atomic mass is 9.89. The molecule has 0 aromatic heterocycles. The minimum Gasteiger partial charge on any atom is -0.377 e. The van der Waals surface area contributed by atoms with E-state index in [0.29, 0.717) is 6.54 Å². The number of hydrogen-bond acceptors (Lipinski definition) is 4. The summed E-state index contributed by atoms with van der Waals surface area (Å²) in [5, 5.41) is 3.32. The summed E-state index contributed by atoms with van der Waals surface area (Å²) in [6.45, 7) is 2.29. The molecule has 2 fully saturated rings. The molecule has 4 nitrogen and oxygen atoms in total. The van der Waals surface area contributed by atoms with E-state index in [4.69, 9.17) is 4.74 Å². The molecule has 2 aliphatic rings. The lowest BCUT2D eigenvalue weighted by molar-refractivity contribution is 0.127. The Bertz CT molecular complexity index is 344. The van der Waals surface area contributed by atoms with Crippen molar-refractivity contribution in [3.8, 4) is 0 Å². The quantitative estimate of drug-likeness (QED) is 0.726. The van der Waals surface area contributed by atoms with E-state index < -0.39 is 9.84 Å². The van der Waals surface area contributed by atoms with Gasteiger partial charge in [0.1, 0.15) is 0 Å². The van der Waals surface area contributed by atoms with Gasteiger partial charge in [-0.3, -0.25) is 0 Å². The molecule has 19 heavy (non-hydrogen) atoms. The Morgan fingerprint density at radius 3 is 2.53 bits per heavy atom. The van der Waals surface area contributed by atoms with Gasteiger partial charge in [-0.15, -0.1) is 0 Å². The monoisotopic (exact) mass is 289 g/mol. The van der Waals surface area contributed by atoms with Crippen molar-refractivity contribution in [1.29, 1.82) is 0 Å². The summed E-state index contributed by atoms with van der Waals surface area (Å²) in [6.07, 6.45) is 8.49. The Hall–Kier alpha value is -0.130. The van der Waals surface area contributed by atoms with Crippen LogP contribution in [0.5, 0.6) is 0 Å². The van der Waals surface area contributed by atoms with Crippen molar-refractivity contribution < 1.29 is 13.2 Å². The van der Waals surface area contributed by atoms with Gasteiger partial charge >= 0.3 is 0 Å². The van der Waals surface area contributed by atoms with Gasteiger partial charge in [0.2, 0.25) is 0 Å². The third-order valence-electron chi connectivity index (χ3n) is 4.21. The van der Waals surface area contributed by atoms with Crippen LogP contribution in [-0.4, -0.2) is 45.7 Å². The van der Waals surface area contributed by atoms with Crippen LogP contribution < -0.4 is 5.32 Å². The van der Waals surface area contributed by atoms with Crippen molar-refractivity contribution in [2.45, 2.75) is 51.0 Å². The van der Waals surface area contributed by atoms with E-state index >= 15 is 0 Å². The molecule has 2 rings (SSSR count). The molecule has 0 bridgehead atoms. The van der Waals surface area contributed by atoms with E-state index in [1.54, 1.807) is 0 Å². The average Bonchev–Trinajstić information content (AvgIpc) is 2.88. The van der Waals surface area contributed by atoms with Crippen molar-refractivity contribution in [3.63, 3.8) is 0 Å². The van der Waals surface area contributed by atoms with Crippen molar-refractivity contribution in [3.05, 3.63) is 0 Å². The number of sulfone groups is 1. The lowest BCUT2D eigenvalue weighted by Crippen LogP contribution is -2.31. The minimum atomic E-state index is -2.96. The summed E-state index contributed by atoms with van der Waals surface area (Å²) >= 11 is 0. The van der Waals surface area contributed by atoms with Gasteiger partial charge in [-0.25, -0.2) is 8.42 Å². The van der Waals surface area contributed by atoms with Crippen LogP contribution in [0.1, 0.15) is 44.9 Å². The largest absolute Gasteiger partial charge is 0.377 e. The first-order chi connectivity index (χ1) is 9.16. The third kappa shape index (κ3) is 5.79. The van der Waals surface area contributed by atoms with Crippen LogP contribution in [0.4, 0.5) is 0 Å². The second kappa shape index (κ2) is 7.60. The first-order valence-corrected chi connectivity index (χ1v) is 9.50. The van der Waals surface area contributed by atoms with Gasteiger partial charge < -0.3 is 10.1 Å². The van der Waals surface area contributed by atoms with E-state index in [2.05, 4.69) is 5.32 Å². The molecule has 5 heteroatoms. The molecule has 1 aliphatic heterocycles. The molecule has 1 atom stereocenters. The highest BCUT2D eigenvalue weighted by Crippen LogP contribution is 2.22. The van der Waals surface area contributed by atoms with Gasteiger partial charge in [0, 0.05) is 13.2 Å². The fraction of sp³-hybridized carbons (Fsp3) is 1.00. The Balaban J connectivity index is 1.58. The normalized spacial score (nSPS) is 25.8. The van der Waals surface area contributed by atoms with Gasteiger partial charge in [-0.2, -0.15) is 0 Å². The summed E-state index contributed by atoms with van der Waals surface area (Å²) < 4.78 is 29.2. The Labute approximate surface area is 117 Å². The fourth-order valence-electron chi connectivity index (χ4n) is 3.07. The molecule has 1 N–H and O–H groups in total. The summed E-state index contributed by atoms with van der Waals surface area (Å²) in [5.41, 5.74) is 0. The average molecular weight is 289 g/mol. The predicted molar refractivity (Wildman–Crippen MR) is 77.1 cm³/mol. The SMILES string of the molecule is O=S(=O)(CCNCC1CCCCC1)CC1CCCO1. The van der Waals surface area contributed by atoms with Crippen molar-refractivity contribution >= 4 is 9.84 Å². The molecule has 1 aliphatic carbocycles. The Morgan fingerprint density at radius 2 is 1.84 bits per heavy atom. The second-order valence-corrected chi connectivity index (χ2v) is 8.19. The molecule has 1 saturated heterocycles. The summed E-state index contributed by atoms with van der Waals surface area (Å²) in [7, 11) is -2.96. The third-order valence-corrected chi connectivity index (χ3v) is 5.92. The molecular formula is C14H27NO3S. The topological polar surface area (TPSA) is 55.4 Å². The maximum atomic E-state index is 11.9. The van der Waals surface area contributed by atoms with Crippen LogP contribution in [0, 0.1) is 5.92 Å². The molecule has 1 heterocycles. The number of nitrogens with one attached hydrogen (secondary N) is 1. The zero-order valence-electron chi connectivity index (χ0n) is 11.8. The highest BCUT2D eigenvalue weighted by Gasteiger charge is 2.23. The van der Waals surface area contributed by atoms with Gasteiger partial charge in [0.15, 0.2) is 9.84 Å².